The van der Waals surface area contributed by atoms with Crippen LogP contribution in [-0.2, 0) is 4.74 Å². The Morgan fingerprint density at radius 3 is 2.84 bits per heavy atom. The van der Waals surface area contributed by atoms with Gasteiger partial charge in [0.25, 0.3) is 0 Å². The van der Waals surface area contributed by atoms with E-state index >= 15 is 0 Å². The lowest BCUT2D eigenvalue weighted by molar-refractivity contribution is -0.00408. The topological polar surface area (TPSA) is 118 Å². The minimum atomic E-state index is -0.546. The number of anilines is 2. The van der Waals surface area contributed by atoms with Gasteiger partial charge in [0.15, 0.2) is 17.3 Å². The summed E-state index contributed by atoms with van der Waals surface area (Å²) in [4.78, 5) is 7.32. The maximum atomic E-state index is 10.7. The summed E-state index contributed by atoms with van der Waals surface area (Å²) in [5.74, 6) is 2.45. The Hall–Kier alpha value is -2.65. The molecule has 1 saturated heterocycles. The largest absolute Gasteiger partial charge is 0.390 e. The zero-order valence-corrected chi connectivity index (χ0v) is 18.2. The van der Waals surface area contributed by atoms with Crippen molar-refractivity contribution in [1.82, 2.24) is 25.0 Å². The van der Waals surface area contributed by atoms with Crippen LogP contribution in [0.4, 0.5) is 11.6 Å². The Labute approximate surface area is 181 Å². The van der Waals surface area contributed by atoms with Crippen LogP contribution >= 0.6 is 0 Å². The van der Waals surface area contributed by atoms with Crippen molar-refractivity contribution < 1.29 is 9.84 Å². The van der Waals surface area contributed by atoms with E-state index in [2.05, 4.69) is 40.1 Å². The fourth-order valence-corrected chi connectivity index (χ4v) is 5.05. The van der Waals surface area contributed by atoms with Crippen molar-refractivity contribution in [2.75, 3.05) is 30.4 Å². The zero-order valence-electron chi connectivity index (χ0n) is 18.2. The van der Waals surface area contributed by atoms with E-state index in [0.29, 0.717) is 24.9 Å². The molecule has 5 rings (SSSR count). The molecule has 0 spiro atoms. The van der Waals surface area contributed by atoms with Crippen molar-refractivity contribution in [1.29, 1.82) is 0 Å². The van der Waals surface area contributed by atoms with E-state index in [1.165, 1.54) is 5.56 Å². The second-order valence-corrected chi connectivity index (χ2v) is 8.98. The van der Waals surface area contributed by atoms with Crippen LogP contribution in [0.3, 0.4) is 0 Å². The van der Waals surface area contributed by atoms with Gasteiger partial charge in [0, 0.05) is 12.6 Å². The molecular weight excluding hydrogens is 394 g/mol. The first kappa shape index (κ1) is 20.3. The lowest BCUT2D eigenvalue weighted by Crippen LogP contribution is -2.44. The summed E-state index contributed by atoms with van der Waals surface area (Å²) in [5.41, 5.74) is 7.81. The highest BCUT2D eigenvalue weighted by molar-refractivity contribution is 5.92. The Bertz CT molecular complexity index is 1050. The molecular formula is C22H31N7O2. The van der Waals surface area contributed by atoms with E-state index in [9.17, 15) is 5.11 Å². The van der Waals surface area contributed by atoms with Gasteiger partial charge in [-0.05, 0) is 56.6 Å². The third kappa shape index (κ3) is 3.55. The molecule has 4 heterocycles. The fraction of sp³-hybridized carbons (Fsp3) is 0.591. The van der Waals surface area contributed by atoms with Gasteiger partial charge in [0.1, 0.15) is 5.82 Å². The van der Waals surface area contributed by atoms with Crippen LogP contribution in [-0.4, -0.2) is 61.5 Å². The Morgan fingerprint density at radius 2 is 2.16 bits per heavy atom. The van der Waals surface area contributed by atoms with E-state index in [0.717, 1.165) is 61.3 Å². The van der Waals surface area contributed by atoms with Gasteiger partial charge in [-0.15, -0.1) is 5.10 Å². The average molecular weight is 426 g/mol. The van der Waals surface area contributed by atoms with Crippen molar-refractivity contribution in [2.24, 2.45) is 0 Å². The van der Waals surface area contributed by atoms with Crippen molar-refractivity contribution >= 4 is 22.7 Å². The molecule has 1 atom stereocenters. The van der Waals surface area contributed by atoms with Gasteiger partial charge < -0.3 is 20.5 Å². The number of nitrogen functional groups attached to an aromatic ring is 1. The predicted octanol–water partition coefficient (Wildman–Crippen LogP) is 2.75. The Kier molecular flexibility index (Phi) is 5.10. The van der Waals surface area contributed by atoms with Crippen LogP contribution in [0.25, 0.3) is 16.9 Å². The van der Waals surface area contributed by atoms with Gasteiger partial charge >= 0.3 is 0 Å². The molecule has 2 fully saturated rings. The number of aromatic nitrogens is 5. The standard InChI is InChI=1S/C22H31N7O2/c1-3-22(30)7-4-15(5-8-22)16-12-18(28-10-11-31-13-14(28)2)25-21-19(16)20(23)27-29(21)17-6-9-24-26-17/h6,9,12,14-15,30H,3-5,7-8,10-11,13H2,1-2H3,(H2,23,27)(H,24,26). The smallest absolute Gasteiger partial charge is 0.169 e. The van der Waals surface area contributed by atoms with Crippen LogP contribution in [0.5, 0.6) is 0 Å². The Morgan fingerprint density at radius 1 is 1.35 bits per heavy atom. The molecule has 0 bridgehead atoms. The highest BCUT2D eigenvalue weighted by Gasteiger charge is 2.34. The summed E-state index contributed by atoms with van der Waals surface area (Å²) in [5, 5.41) is 23.3. The monoisotopic (exact) mass is 425 g/mol. The summed E-state index contributed by atoms with van der Waals surface area (Å²) < 4.78 is 7.39. The number of aliphatic hydroxyl groups is 1. The summed E-state index contributed by atoms with van der Waals surface area (Å²) in [6, 6.07) is 4.30. The van der Waals surface area contributed by atoms with Crippen molar-refractivity contribution in [3.63, 3.8) is 0 Å². The number of hydrogen-bond donors (Lipinski definition) is 3. The molecule has 0 aromatic carbocycles. The molecule has 3 aromatic rings. The van der Waals surface area contributed by atoms with Crippen molar-refractivity contribution in [3.8, 4) is 5.82 Å². The van der Waals surface area contributed by atoms with Gasteiger partial charge in [0.05, 0.1) is 36.4 Å². The van der Waals surface area contributed by atoms with Gasteiger partial charge in [-0.3, -0.25) is 5.10 Å². The molecule has 9 heteroatoms. The zero-order chi connectivity index (χ0) is 21.6. The van der Waals surface area contributed by atoms with E-state index in [4.69, 9.17) is 15.5 Å². The summed E-state index contributed by atoms with van der Waals surface area (Å²) in [6.07, 6.45) is 5.95. The summed E-state index contributed by atoms with van der Waals surface area (Å²) in [7, 11) is 0. The van der Waals surface area contributed by atoms with Gasteiger partial charge in [-0.1, -0.05) is 6.92 Å². The van der Waals surface area contributed by atoms with E-state index in [1.807, 2.05) is 6.07 Å². The minimum Gasteiger partial charge on any atom is -0.390 e. The number of ether oxygens (including phenoxy) is 1. The third-order valence-corrected chi connectivity index (χ3v) is 7.07. The van der Waals surface area contributed by atoms with Gasteiger partial charge in [0.2, 0.25) is 0 Å². The molecule has 0 amide bonds. The number of aromatic amines is 1. The molecule has 9 nitrogen and oxygen atoms in total. The maximum Gasteiger partial charge on any atom is 0.169 e. The lowest BCUT2D eigenvalue weighted by atomic mass is 9.74. The Balaban J connectivity index is 1.64. The number of H-pyrrole nitrogens is 1. The number of rotatable bonds is 4. The summed E-state index contributed by atoms with van der Waals surface area (Å²) >= 11 is 0. The molecule has 1 saturated carbocycles. The maximum absolute atomic E-state index is 10.7. The normalized spacial score (nSPS) is 27.1. The number of nitrogens with zero attached hydrogens (tertiary/aromatic N) is 5. The second-order valence-electron chi connectivity index (χ2n) is 8.98. The van der Waals surface area contributed by atoms with E-state index < -0.39 is 5.60 Å². The van der Waals surface area contributed by atoms with Crippen LogP contribution in [0.15, 0.2) is 18.3 Å². The number of morpholine rings is 1. The molecule has 2 aliphatic rings. The van der Waals surface area contributed by atoms with Crippen LogP contribution in [0.2, 0.25) is 0 Å². The van der Waals surface area contributed by atoms with Gasteiger partial charge in [-0.25, -0.2) is 4.98 Å². The van der Waals surface area contributed by atoms with E-state index in [1.54, 1.807) is 10.9 Å². The first-order valence-corrected chi connectivity index (χ1v) is 11.2. The van der Waals surface area contributed by atoms with E-state index in [-0.39, 0.29) is 6.04 Å². The molecule has 31 heavy (non-hydrogen) atoms. The number of pyridine rings is 1. The highest BCUT2D eigenvalue weighted by Crippen LogP contribution is 2.43. The molecule has 1 aliphatic carbocycles. The minimum absolute atomic E-state index is 0.240. The lowest BCUT2D eigenvalue weighted by Gasteiger charge is -2.37. The number of fused-ring (bicyclic) bond motifs is 1. The average Bonchev–Trinajstić information content (AvgIpc) is 3.42. The third-order valence-electron chi connectivity index (χ3n) is 7.07. The van der Waals surface area contributed by atoms with Crippen molar-refractivity contribution in [3.05, 3.63) is 23.9 Å². The van der Waals surface area contributed by atoms with Crippen LogP contribution < -0.4 is 10.6 Å². The highest BCUT2D eigenvalue weighted by atomic mass is 16.5. The molecule has 4 N–H and O–H groups in total. The fourth-order valence-electron chi connectivity index (χ4n) is 5.05. The SMILES string of the molecule is CCC1(O)CCC(c2cc(N3CCOCC3C)nc3c2c(N)nn3-c2ccn[nH]2)CC1. The second kappa shape index (κ2) is 7.80. The van der Waals surface area contributed by atoms with Gasteiger partial charge in [-0.2, -0.15) is 9.78 Å². The number of nitrogens with one attached hydrogen (secondary N) is 1. The van der Waals surface area contributed by atoms with Crippen LogP contribution in [0.1, 0.15) is 57.4 Å². The number of hydrogen-bond acceptors (Lipinski definition) is 7. The first-order valence-electron chi connectivity index (χ1n) is 11.2. The first-order chi connectivity index (χ1) is 15.0. The molecule has 1 aliphatic heterocycles. The quantitative estimate of drug-likeness (QED) is 0.588. The summed E-state index contributed by atoms with van der Waals surface area (Å²) in [6.45, 7) is 6.40. The van der Waals surface area contributed by atoms with Crippen LogP contribution in [0, 0.1) is 0 Å². The molecule has 166 valence electrons. The molecule has 1 unspecified atom stereocenters. The molecule has 3 aromatic heterocycles. The van der Waals surface area contributed by atoms with Crippen molar-refractivity contribution in [2.45, 2.75) is 63.5 Å². The predicted molar refractivity (Wildman–Crippen MR) is 119 cm³/mol. The molecule has 0 radical (unpaired) electrons. The number of nitrogens with two attached hydrogens (primary N) is 1.